The van der Waals surface area contributed by atoms with Crippen LogP contribution in [0.2, 0.25) is 0 Å². The van der Waals surface area contributed by atoms with Gasteiger partial charge in [-0.05, 0) is 20.8 Å². The summed E-state index contributed by atoms with van der Waals surface area (Å²) in [5, 5.41) is 0. The molecule has 0 aromatic carbocycles. The SMILES string of the molecule is C=Cn1ccnc1C.CCn1ccnc1C. The number of hydrogen-bond acceptors (Lipinski definition) is 2. The lowest BCUT2D eigenvalue weighted by Crippen LogP contribution is -1.93. The van der Waals surface area contributed by atoms with Crippen LogP contribution in [0, 0.1) is 13.8 Å². The van der Waals surface area contributed by atoms with Crippen LogP contribution in [-0.2, 0) is 6.54 Å². The van der Waals surface area contributed by atoms with Crippen LogP contribution in [0.3, 0.4) is 0 Å². The minimum absolute atomic E-state index is 0.972. The van der Waals surface area contributed by atoms with Crippen molar-refractivity contribution in [1.29, 1.82) is 0 Å². The number of aromatic nitrogens is 4. The molecule has 2 heterocycles. The third kappa shape index (κ3) is 3.08. The van der Waals surface area contributed by atoms with Gasteiger partial charge < -0.3 is 9.13 Å². The topological polar surface area (TPSA) is 35.6 Å². The van der Waals surface area contributed by atoms with Crippen molar-refractivity contribution < 1.29 is 0 Å². The summed E-state index contributed by atoms with van der Waals surface area (Å²) in [5.41, 5.74) is 0. The van der Waals surface area contributed by atoms with Crippen molar-refractivity contribution in [2.75, 3.05) is 0 Å². The molecule has 0 aliphatic rings. The summed E-state index contributed by atoms with van der Waals surface area (Å²) in [6.45, 7) is 10.6. The predicted molar refractivity (Wildman–Crippen MR) is 66.0 cm³/mol. The Kier molecular flexibility index (Phi) is 4.51. The lowest BCUT2D eigenvalue weighted by atomic mass is 10.6. The summed E-state index contributed by atoms with van der Waals surface area (Å²) < 4.78 is 3.96. The van der Waals surface area contributed by atoms with Gasteiger partial charge in [-0.25, -0.2) is 9.97 Å². The van der Waals surface area contributed by atoms with E-state index in [0.717, 1.165) is 18.2 Å². The molecule has 4 heteroatoms. The number of aryl methyl sites for hydroxylation is 3. The van der Waals surface area contributed by atoms with Gasteiger partial charge in [-0.1, -0.05) is 6.58 Å². The minimum atomic E-state index is 0.972. The van der Waals surface area contributed by atoms with Crippen molar-refractivity contribution in [2.45, 2.75) is 27.3 Å². The van der Waals surface area contributed by atoms with Crippen LogP contribution in [0.25, 0.3) is 6.20 Å². The standard InChI is InChI=1S/C6H10N2.C6H8N2/c2*1-3-8-5-4-7-6(8)2/h4-5H,3H2,1-2H3;3-5H,1H2,2H3. The third-order valence-corrected chi connectivity index (χ3v) is 2.32. The fraction of sp³-hybridized carbons (Fsp3) is 0.333. The second kappa shape index (κ2) is 5.90. The number of imidazole rings is 2. The molecule has 0 fully saturated rings. The molecular weight excluding hydrogens is 200 g/mol. The van der Waals surface area contributed by atoms with E-state index in [2.05, 4.69) is 28.0 Å². The summed E-state index contributed by atoms with van der Waals surface area (Å²) in [6, 6.07) is 0. The van der Waals surface area contributed by atoms with Crippen molar-refractivity contribution >= 4 is 6.20 Å². The first kappa shape index (κ1) is 12.2. The average molecular weight is 218 g/mol. The van der Waals surface area contributed by atoms with Crippen molar-refractivity contribution in [3.8, 4) is 0 Å². The molecule has 2 aromatic heterocycles. The Labute approximate surface area is 96.3 Å². The Balaban J connectivity index is 0.000000160. The van der Waals surface area contributed by atoms with Gasteiger partial charge >= 0.3 is 0 Å². The maximum atomic E-state index is 4.05. The zero-order chi connectivity index (χ0) is 12.0. The average Bonchev–Trinajstić information content (AvgIpc) is 2.87. The second-order valence-electron chi connectivity index (χ2n) is 3.32. The Morgan fingerprint density at radius 1 is 1.19 bits per heavy atom. The fourth-order valence-corrected chi connectivity index (χ4v) is 1.32. The molecule has 0 radical (unpaired) electrons. The molecule has 0 aliphatic heterocycles. The summed E-state index contributed by atoms with van der Waals surface area (Å²) >= 11 is 0. The first-order valence-corrected chi connectivity index (χ1v) is 5.28. The van der Waals surface area contributed by atoms with Gasteiger partial charge in [0.15, 0.2) is 0 Å². The zero-order valence-corrected chi connectivity index (χ0v) is 10.1. The molecule has 2 aromatic rings. The molecular formula is C12H18N4. The molecule has 0 amide bonds. The van der Waals surface area contributed by atoms with Crippen LogP contribution in [0.1, 0.15) is 18.6 Å². The molecule has 0 bridgehead atoms. The fourth-order valence-electron chi connectivity index (χ4n) is 1.32. The van der Waals surface area contributed by atoms with E-state index in [0.29, 0.717) is 0 Å². The van der Waals surface area contributed by atoms with Gasteiger partial charge in [0, 0.05) is 37.5 Å². The highest BCUT2D eigenvalue weighted by Gasteiger charge is 1.88. The van der Waals surface area contributed by atoms with Gasteiger partial charge in [0.25, 0.3) is 0 Å². The van der Waals surface area contributed by atoms with E-state index in [-0.39, 0.29) is 0 Å². The van der Waals surface area contributed by atoms with Crippen molar-refractivity contribution in [3.05, 3.63) is 43.0 Å². The van der Waals surface area contributed by atoms with Crippen LogP contribution >= 0.6 is 0 Å². The lowest BCUT2D eigenvalue weighted by Gasteiger charge is -1.95. The molecule has 2 rings (SSSR count). The summed E-state index contributed by atoms with van der Waals surface area (Å²) in [4.78, 5) is 8.03. The number of nitrogens with zero attached hydrogens (tertiary/aromatic N) is 4. The highest BCUT2D eigenvalue weighted by Crippen LogP contribution is 1.92. The van der Waals surface area contributed by atoms with Crippen LogP contribution in [0.5, 0.6) is 0 Å². The van der Waals surface area contributed by atoms with Crippen molar-refractivity contribution in [1.82, 2.24) is 19.1 Å². The normalized spacial score (nSPS) is 9.44. The van der Waals surface area contributed by atoms with Crippen LogP contribution < -0.4 is 0 Å². The van der Waals surface area contributed by atoms with Gasteiger partial charge in [0.05, 0.1) is 0 Å². The monoisotopic (exact) mass is 218 g/mol. The van der Waals surface area contributed by atoms with Gasteiger partial charge in [0.2, 0.25) is 0 Å². The quantitative estimate of drug-likeness (QED) is 0.776. The van der Waals surface area contributed by atoms with E-state index in [9.17, 15) is 0 Å². The molecule has 4 nitrogen and oxygen atoms in total. The van der Waals surface area contributed by atoms with Crippen LogP contribution in [0.4, 0.5) is 0 Å². The van der Waals surface area contributed by atoms with Crippen molar-refractivity contribution in [3.63, 3.8) is 0 Å². The summed E-state index contributed by atoms with van der Waals surface area (Å²) in [7, 11) is 0. The molecule has 0 spiro atoms. The summed E-state index contributed by atoms with van der Waals surface area (Å²) in [5.74, 6) is 2.06. The Morgan fingerprint density at radius 2 is 1.81 bits per heavy atom. The number of rotatable bonds is 2. The van der Waals surface area contributed by atoms with E-state index >= 15 is 0 Å². The van der Waals surface area contributed by atoms with Crippen LogP contribution in [0.15, 0.2) is 31.4 Å². The largest absolute Gasteiger partial charge is 0.335 e. The maximum Gasteiger partial charge on any atom is 0.109 e. The third-order valence-electron chi connectivity index (χ3n) is 2.32. The van der Waals surface area contributed by atoms with E-state index in [1.165, 1.54) is 0 Å². The van der Waals surface area contributed by atoms with Gasteiger partial charge in [-0.3, -0.25) is 0 Å². The molecule has 0 atom stereocenters. The summed E-state index contributed by atoms with van der Waals surface area (Å²) in [6.07, 6.45) is 9.13. The molecule has 0 saturated heterocycles. The maximum absolute atomic E-state index is 4.05. The van der Waals surface area contributed by atoms with Gasteiger partial charge in [-0.2, -0.15) is 0 Å². The Morgan fingerprint density at radius 3 is 2.06 bits per heavy atom. The number of hydrogen-bond donors (Lipinski definition) is 0. The molecule has 0 N–H and O–H groups in total. The van der Waals surface area contributed by atoms with E-state index in [1.54, 1.807) is 12.4 Å². The first-order valence-electron chi connectivity index (χ1n) is 5.28. The highest BCUT2D eigenvalue weighted by molar-refractivity contribution is 5.18. The van der Waals surface area contributed by atoms with E-state index in [4.69, 9.17) is 0 Å². The predicted octanol–water partition coefficient (Wildman–Crippen LogP) is 2.50. The zero-order valence-electron chi connectivity index (χ0n) is 10.1. The van der Waals surface area contributed by atoms with Crippen molar-refractivity contribution in [2.24, 2.45) is 0 Å². The van der Waals surface area contributed by atoms with Gasteiger partial charge in [-0.15, -0.1) is 0 Å². The first-order chi connectivity index (χ1) is 7.69. The second-order valence-corrected chi connectivity index (χ2v) is 3.32. The molecule has 86 valence electrons. The molecule has 0 aliphatic carbocycles. The molecule has 16 heavy (non-hydrogen) atoms. The van der Waals surface area contributed by atoms with E-state index in [1.807, 2.05) is 37.0 Å². The van der Waals surface area contributed by atoms with Crippen LogP contribution in [-0.4, -0.2) is 19.1 Å². The lowest BCUT2D eigenvalue weighted by molar-refractivity contribution is 0.730. The highest BCUT2D eigenvalue weighted by atomic mass is 15.0. The minimum Gasteiger partial charge on any atom is -0.335 e. The Hall–Kier alpha value is -1.84. The van der Waals surface area contributed by atoms with Gasteiger partial charge in [0.1, 0.15) is 11.6 Å². The molecule has 0 saturated carbocycles. The van der Waals surface area contributed by atoms with E-state index < -0.39 is 0 Å². The smallest absolute Gasteiger partial charge is 0.109 e. The Bertz CT molecular complexity index is 439. The molecule has 0 unspecified atom stereocenters.